The molecule has 0 radical (unpaired) electrons. The summed E-state index contributed by atoms with van der Waals surface area (Å²) in [6.45, 7) is 4.48. The minimum atomic E-state index is -0.0308. The molecule has 0 aliphatic heterocycles. The highest BCUT2D eigenvalue weighted by Gasteiger charge is 2.07. The first-order chi connectivity index (χ1) is 10.1. The van der Waals surface area contributed by atoms with Crippen molar-refractivity contribution < 1.29 is 0 Å². The maximum atomic E-state index is 12.5. The molecule has 0 amide bonds. The number of halogens is 1. The van der Waals surface area contributed by atoms with Gasteiger partial charge in [-0.3, -0.25) is 9.36 Å². The van der Waals surface area contributed by atoms with Gasteiger partial charge in [0.15, 0.2) is 0 Å². The zero-order valence-corrected chi connectivity index (χ0v) is 12.7. The largest absolute Gasteiger partial charge is 0.294 e. The lowest BCUT2D eigenvalue weighted by molar-refractivity contribution is 0.744. The van der Waals surface area contributed by atoms with Crippen LogP contribution in [0.3, 0.4) is 0 Å². The zero-order chi connectivity index (χ0) is 15.0. The first-order valence-electron chi connectivity index (χ1n) is 6.76. The highest BCUT2D eigenvalue weighted by Crippen LogP contribution is 2.21. The van der Waals surface area contributed by atoms with Crippen molar-refractivity contribution in [2.45, 2.75) is 20.4 Å². The van der Waals surface area contributed by atoms with Gasteiger partial charge < -0.3 is 0 Å². The van der Waals surface area contributed by atoms with Gasteiger partial charge in [-0.2, -0.15) is 0 Å². The molecular weight excluding hydrogens is 284 g/mol. The number of hydrogen-bond acceptors (Lipinski definition) is 2. The van der Waals surface area contributed by atoms with Crippen molar-refractivity contribution in [3.05, 3.63) is 74.8 Å². The maximum Gasteiger partial charge on any atom is 0.261 e. The number of aryl methyl sites for hydroxylation is 2. The molecule has 0 aliphatic rings. The molecule has 21 heavy (non-hydrogen) atoms. The number of aromatic nitrogens is 2. The molecule has 0 N–H and O–H groups in total. The van der Waals surface area contributed by atoms with E-state index in [9.17, 15) is 4.79 Å². The van der Waals surface area contributed by atoms with Gasteiger partial charge >= 0.3 is 0 Å². The van der Waals surface area contributed by atoms with Crippen LogP contribution in [0.25, 0.3) is 10.9 Å². The fourth-order valence-electron chi connectivity index (χ4n) is 2.44. The SMILES string of the molecule is Cc1cc(C)c(Cn2cnc3ccccc3c2=O)cc1Cl. The molecule has 3 nitrogen and oxygen atoms in total. The van der Waals surface area contributed by atoms with Crippen LogP contribution >= 0.6 is 11.6 Å². The second-order valence-electron chi connectivity index (χ2n) is 5.22. The molecule has 1 aromatic heterocycles. The molecule has 3 rings (SSSR count). The van der Waals surface area contributed by atoms with Gasteiger partial charge in [0.2, 0.25) is 0 Å². The van der Waals surface area contributed by atoms with Crippen molar-refractivity contribution in [3.63, 3.8) is 0 Å². The molecule has 0 unspecified atom stereocenters. The van der Waals surface area contributed by atoms with Gasteiger partial charge in [-0.15, -0.1) is 0 Å². The number of benzene rings is 2. The smallest absolute Gasteiger partial charge is 0.261 e. The fraction of sp³-hybridized carbons (Fsp3) is 0.176. The van der Waals surface area contributed by atoms with Crippen LogP contribution in [0.1, 0.15) is 16.7 Å². The zero-order valence-electron chi connectivity index (χ0n) is 11.9. The van der Waals surface area contributed by atoms with Gasteiger partial charge in [-0.1, -0.05) is 29.8 Å². The Balaban J connectivity index is 2.09. The third-order valence-electron chi connectivity index (χ3n) is 3.69. The van der Waals surface area contributed by atoms with Gasteiger partial charge in [0, 0.05) is 5.02 Å². The minimum Gasteiger partial charge on any atom is -0.294 e. The second kappa shape index (κ2) is 5.34. The van der Waals surface area contributed by atoms with Gasteiger partial charge in [0.05, 0.1) is 23.8 Å². The lowest BCUT2D eigenvalue weighted by atomic mass is 10.1. The van der Waals surface area contributed by atoms with Crippen molar-refractivity contribution in [3.8, 4) is 0 Å². The molecule has 0 saturated carbocycles. The Morgan fingerprint density at radius 3 is 2.71 bits per heavy atom. The van der Waals surface area contributed by atoms with E-state index in [4.69, 9.17) is 11.6 Å². The van der Waals surface area contributed by atoms with E-state index in [1.165, 1.54) is 0 Å². The molecule has 3 aromatic rings. The van der Waals surface area contributed by atoms with Crippen LogP contribution in [0.15, 0.2) is 47.5 Å². The van der Waals surface area contributed by atoms with E-state index in [0.717, 1.165) is 27.2 Å². The maximum absolute atomic E-state index is 12.5. The number of rotatable bonds is 2. The molecule has 1 heterocycles. The summed E-state index contributed by atoms with van der Waals surface area (Å²) in [5.74, 6) is 0. The molecule has 0 saturated heterocycles. The first-order valence-corrected chi connectivity index (χ1v) is 7.14. The molecule has 106 valence electrons. The minimum absolute atomic E-state index is 0.0308. The van der Waals surface area contributed by atoms with Crippen LogP contribution in [0, 0.1) is 13.8 Å². The lowest BCUT2D eigenvalue weighted by Gasteiger charge is -2.11. The van der Waals surface area contributed by atoms with Crippen LogP contribution < -0.4 is 5.56 Å². The van der Waals surface area contributed by atoms with Crippen molar-refractivity contribution >= 4 is 22.5 Å². The standard InChI is InChI=1S/C17H15ClN2O/c1-11-7-12(2)15(18)8-13(11)9-20-10-19-16-6-4-3-5-14(16)17(20)21/h3-8,10H,9H2,1-2H3. The topological polar surface area (TPSA) is 34.9 Å². The van der Waals surface area contributed by atoms with Crippen molar-refractivity contribution in [1.82, 2.24) is 9.55 Å². The summed E-state index contributed by atoms with van der Waals surface area (Å²) in [5.41, 5.74) is 3.89. The summed E-state index contributed by atoms with van der Waals surface area (Å²) in [6, 6.07) is 11.3. The molecular formula is C17H15ClN2O. The summed E-state index contributed by atoms with van der Waals surface area (Å²) in [7, 11) is 0. The summed E-state index contributed by atoms with van der Waals surface area (Å²) >= 11 is 6.18. The van der Waals surface area contributed by atoms with Crippen LogP contribution in [-0.2, 0) is 6.54 Å². The van der Waals surface area contributed by atoms with E-state index in [2.05, 4.69) is 4.98 Å². The van der Waals surface area contributed by atoms with Crippen molar-refractivity contribution in [2.24, 2.45) is 0 Å². The summed E-state index contributed by atoms with van der Waals surface area (Å²) < 4.78 is 1.62. The Hall–Kier alpha value is -2.13. The lowest BCUT2D eigenvalue weighted by Crippen LogP contribution is -2.21. The Bertz CT molecular complexity index is 884. The third kappa shape index (κ3) is 2.57. The predicted octanol–water partition coefficient (Wildman–Crippen LogP) is 3.72. The molecule has 4 heteroatoms. The van der Waals surface area contributed by atoms with E-state index in [1.807, 2.05) is 44.2 Å². The van der Waals surface area contributed by atoms with E-state index in [1.54, 1.807) is 17.0 Å². The van der Waals surface area contributed by atoms with E-state index in [-0.39, 0.29) is 5.56 Å². The molecule has 0 fully saturated rings. The van der Waals surface area contributed by atoms with Crippen LogP contribution in [-0.4, -0.2) is 9.55 Å². The first kappa shape index (κ1) is 13.8. The van der Waals surface area contributed by atoms with Crippen LogP contribution in [0.2, 0.25) is 5.02 Å². The number of nitrogens with zero attached hydrogens (tertiary/aromatic N) is 2. The summed E-state index contributed by atoms with van der Waals surface area (Å²) in [6.07, 6.45) is 1.60. The average molecular weight is 299 g/mol. The Labute approximate surface area is 127 Å². The van der Waals surface area contributed by atoms with E-state index in [0.29, 0.717) is 11.9 Å². The van der Waals surface area contributed by atoms with E-state index < -0.39 is 0 Å². The van der Waals surface area contributed by atoms with Gasteiger partial charge in [0.25, 0.3) is 5.56 Å². The normalized spacial score (nSPS) is 11.0. The third-order valence-corrected chi connectivity index (χ3v) is 4.10. The van der Waals surface area contributed by atoms with Crippen molar-refractivity contribution in [1.29, 1.82) is 0 Å². The van der Waals surface area contributed by atoms with E-state index >= 15 is 0 Å². The monoisotopic (exact) mass is 298 g/mol. The van der Waals surface area contributed by atoms with Crippen LogP contribution in [0.4, 0.5) is 0 Å². The Morgan fingerprint density at radius 2 is 1.90 bits per heavy atom. The molecule has 0 aliphatic carbocycles. The number of fused-ring (bicyclic) bond motifs is 1. The molecule has 2 aromatic carbocycles. The number of hydrogen-bond donors (Lipinski definition) is 0. The fourth-order valence-corrected chi connectivity index (χ4v) is 2.63. The highest BCUT2D eigenvalue weighted by atomic mass is 35.5. The predicted molar refractivity (Wildman–Crippen MR) is 86.0 cm³/mol. The highest BCUT2D eigenvalue weighted by molar-refractivity contribution is 6.31. The van der Waals surface area contributed by atoms with Gasteiger partial charge in [-0.05, 0) is 48.7 Å². The number of para-hydroxylation sites is 1. The van der Waals surface area contributed by atoms with Crippen LogP contribution in [0.5, 0.6) is 0 Å². The molecule has 0 spiro atoms. The summed E-state index contributed by atoms with van der Waals surface area (Å²) in [4.78, 5) is 16.8. The van der Waals surface area contributed by atoms with Gasteiger partial charge in [0.1, 0.15) is 0 Å². The second-order valence-corrected chi connectivity index (χ2v) is 5.63. The van der Waals surface area contributed by atoms with Gasteiger partial charge in [-0.25, -0.2) is 4.98 Å². The Kier molecular flexibility index (Phi) is 3.52. The quantitative estimate of drug-likeness (QED) is 0.723. The molecule has 0 bridgehead atoms. The summed E-state index contributed by atoms with van der Waals surface area (Å²) in [5, 5.41) is 1.35. The average Bonchev–Trinajstić information content (AvgIpc) is 2.48. The Morgan fingerprint density at radius 1 is 1.14 bits per heavy atom. The van der Waals surface area contributed by atoms with Crippen molar-refractivity contribution in [2.75, 3.05) is 0 Å². The molecule has 0 atom stereocenters.